The lowest BCUT2D eigenvalue weighted by Crippen LogP contribution is -2.58. The van der Waals surface area contributed by atoms with E-state index in [9.17, 15) is 20.1 Å². The summed E-state index contributed by atoms with van der Waals surface area (Å²) in [7, 11) is 0. The van der Waals surface area contributed by atoms with Crippen LogP contribution in [0.2, 0.25) is 0 Å². The highest BCUT2D eigenvalue weighted by Crippen LogP contribution is 2.43. The molecule has 0 radical (unpaired) electrons. The Bertz CT molecular complexity index is 539. The van der Waals surface area contributed by atoms with Gasteiger partial charge in [-0.15, -0.1) is 0 Å². The van der Waals surface area contributed by atoms with Gasteiger partial charge in [0.2, 0.25) is 0 Å². The van der Waals surface area contributed by atoms with E-state index in [4.69, 9.17) is 0 Å². The van der Waals surface area contributed by atoms with Crippen LogP contribution in [0.1, 0.15) is 37.6 Å². The number of unbranched alkanes of at least 4 members (excludes halogenated alkanes) is 1. The fourth-order valence-corrected chi connectivity index (χ4v) is 2.78. The zero-order valence-corrected chi connectivity index (χ0v) is 11.8. The van der Waals surface area contributed by atoms with Crippen LogP contribution in [-0.2, 0) is 10.2 Å². The van der Waals surface area contributed by atoms with Gasteiger partial charge in [0.15, 0.2) is 0 Å². The third kappa shape index (κ3) is 2.36. The number of carboxylic acid groups (broad SMARTS) is 1. The number of aliphatic hydroxyl groups is 2. The van der Waals surface area contributed by atoms with Gasteiger partial charge in [0.05, 0.1) is 0 Å². The minimum absolute atomic E-state index is 0.282. The second-order valence-corrected chi connectivity index (χ2v) is 5.15. The number of H-pyrrole nitrogens is 2. The summed E-state index contributed by atoms with van der Waals surface area (Å²) in [5, 5.41) is 30.1. The van der Waals surface area contributed by atoms with Crippen molar-refractivity contribution in [3.63, 3.8) is 0 Å². The first-order valence-electron chi connectivity index (χ1n) is 6.92. The molecule has 2 aromatic heterocycles. The lowest BCUT2D eigenvalue weighted by molar-refractivity contribution is -0.226. The second kappa shape index (κ2) is 5.75. The molecule has 2 rings (SSSR count). The van der Waals surface area contributed by atoms with Crippen LogP contribution < -0.4 is 0 Å². The zero-order chi connectivity index (χ0) is 15.5. The monoisotopic (exact) mass is 292 g/mol. The summed E-state index contributed by atoms with van der Waals surface area (Å²) in [6, 6.07) is 6.75. The van der Waals surface area contributed by atoms with Crippen LogP contribution >= 0.6 is 0 Å². The Morgan fingerprint density at radius 1 is 1.14 bits per heavy atom. The van der Waals surface area contributed by atoms with Gasteiger partial charge in [0.25, 0.3) is 5.79 Å². The summed E-state index contributed by atoms with van der Waals surface area (Å²) in [6.45, 7) is 1.96. The highest BCUT2D eigenvalue weighted by molar-refractivity contribution is 5.78. The summed E-state index contributed by atoms with van der Waals surface area (Å²) < 4.78 is 0. The van der Waals surface area contributed by atoms with Crippen molar-refractivity contribution >= 4 is 5.97 Å². The molecule has 0 spiro atoms. The van der Waals surface area contributed by atoms with E-state index in [1.807, 2.05) is 6.92 Å². The molecule has 0 bridgehead atoms. The molecule has 0 aliphatic rings. The molecule has 0 amide bonds. The number of rotatable bonds is 7. The van der Waals surface area contributed by atoms with E-state index in [1.54, 1.807) is 36.7 Å². The average Bonchev–Trinajstić information content (AvgIpc) is 3.12. The standard InChI is InChI=1S/C15H20N2O4/c1-2-3-8-14(11-6-4-9-16-11,12-7-5-10-17-12)15(20,21)13(18)19/h4-7,9-10,16-17,20-21H,2-3,8H2,1H3,(H,18,19). The van der Waals surface area contributed by atoms with Gasteiger partial charge < -0.3 is 25.3 Å². The Morgan fingerprint density at radius 3 is 2.00 bits per heavy atom. The van der Waals surface area contributed by atoms with Gasteiger partial charge in [0.1, 0.15) is 5.41 Å². The highest BCUT2D eigenvalue weighted by Gasteiger charge is 2.58. The van der Waals surface area contributed by atoms with E-state index >= 15 is 0 Å². The summed E-state index contributed by atoms with van der Waals surface area (Å²) in [5.74, 6) is -4.61. The van der Waals surface area contributed by atoms with E-state index in [0.29, 0.717) is 17.8 Å². The van der Waals surface area contributed by atoms with Gasteiger partial charge in [-0.05, 0) is 30.7 Å². The second-order valence-electron chi connectivity index (χ2n) is 5.15. The molecule has 6 nitrogen and oxygen atoms in total. The predicted octanol–water partition coefficient (Wildman–Crippen LogP) is 1.58. The summed E-state index contributed by atoms with van der Waals surface area (Å²) in [6.07, 6.45) is 5.00. The van der Waals surface area contributed by atoms with Gasteiger partial charge in [0, 0.05) is 23.8 Å². The maximum atomic E-state index is 11.5. The quantitative estimate of drug-likeness (QED) is 0.499. The maximum Gasteiger partial charge on any atom is 0.365 e. The molecule has 5 N–H and O–H groups in total. The largest absolute Gasteiger partial charge is 0.477 e. The summed E-state index contributed by atoms with van der Waals surface area (Å²) in [4.78, 5) is 17.4. The van der Waals surface area contributed by atoms with Crippen molar-refractivity contribution in [2.75, 3.05) is 0 Å². The molecule has 2 heterocycles. The Balaban J connectivity index is 2.68. The van der Waals surface area contributed by atoms with Crippen molar-refractivity contribution in [1.82, 2.24) is 9.97 Å². The molecule has 114 valence electrons. The minimum Gasteiger partial charge on any atom is -0.477 e. The van der Waals surface area contributed by atoms with E-state index in [1.165, 1.54) is 0 Å². The number of aromatic amines is 2. The van der Waals surface area contributed by atoms with Crippen LogP contribution in [0, 0.1) is 0 Å². The van der Waals surface area contributed by atoms with Gasteiger partial charge in [-0.1, -0.05) is 19.8 Å². The van der Waals surface area contributed by atoms with E-state index in [-0.39, 0.29) is 6.42 Å². The first-order valence-corrected chi connectivity index (χ1v) is 6.92. The number of aromatic nitrogens is 2. The number of hydrogen-bond acceptors (Lipinski definition) is 3. The van der Waals surface area contributed by atoms with Gasteiger partial charge in [-0.3, -0.25) is 0 Å². The molecule has 0 fully saturated rings. The Labute approximate surface area is 122 Å². The van der Waals surface area contributed by atoms with Crippen LogP contribution in [0.4, 0.5) is 0 Å². The maximum absolute atomic E-state index is 11.5. The fourth-order valence-electron chi connectivity index (χ4n) is 2.78. The van der Waals surface area contributed by atoms with Crippen LogP contribution in [0.3, 0.4) is 0 Å². The molecular formula is C15H20N2O4. The molecule has 6 heteroatoms. The van der Waals surface area contributed by atoms with Gasteiger partial charge in [-0.25, -0.2) is 4.79 Å². The topological polar surface area (TPSA) is 109 Å². The van der Waals surface area contributed by atoms with Crippen LogP contribution in [0.25, 0.3) is 0 Å². The van der Waals surface area contributed by atoms with Crippen molar-refractivity contribution in [3.8, 4) is 0 Å². The molecule has 0 unspecified atom stereocenters. The minimum atomic E-state index is -2.93. The highest BCUT2D eigenvalue weighted by atomic mass is 16.5. The Kier molecular flexibility index (Phi) is 4.20. The summed E-state index contributed by atoms with van der Waals surface area (Å²) in [5.41, 5.74) is -0.585. The SMILES string of the molecule is CCCCC(c1ccc[nH]1)(c1ccc[nH]1)C(O)(O)C(=O)O. The zero-order valence-electron chi connectivity index (χ0n) is 11.8. The van der Waals surface area contributed by atoms with Crippen molar-refractivity contribution in [2.24, 2.45) is 0 Å². The van der Waals surface area contributed by atoms with Gasteiger partial charge >= 0.3 is 5.97 Å². The molecule has 0 saturated heterocycles. The fraction of sp³-hybridized carbons (Fsp3) is 0.400. The van der Waals surface area contributed by atoms with Crippen molar-refractivity contribution in [3.05, 3.63) is 48.0 Å². The first kappa shape index (κ1) is 15.3. The normalized spacial score (nSPS) is 12.5. The smallest absolute Gasteiger partial charge is 0.365 e. The lowest BCUT2D eigenvalue weighted by Gasteiger charge is -2.40. The third-order valence-electron chi connectivity index (χ3n) is 3.91. The first-order chi connectivity index (χ1) is 9.96. The molecule has 0 aromatic carbocycles. The number of carboxylic acids is 1. The Morgan fingerprint density at radius 2 is 1.67 bits per heavy atom. The van der Waals surface area contributed by atoms with Crippen LogP contribution in [-0.4, -0.2) is 37.0 Å². The Hall–Kier alpha value is -2.05. The van der Waals surface area contributed by atoms with Crippen LogP contribution in [0.15, 0.2) is 36.7 Å². The number of aliphatic carboxylic acids is 1. The van der Waals surface area contributed by atoms with Crippen molar-refractivity contribution in [1.29, 1.82) is 0 Å². The molecule has 2 aromatic rings. The molecule has 0 aliphatic heterocycles. The molecule has 0 aliphatic carbocycles. The lowest BCUT2D eigenvalue weighted by atomic mass is 9.69. The molecule has 0 atom stereocenters. The number of carbonyl (C=O) groups is 1. The molecular weight excluding hydrogens is 272 g/mol. The molecule has 21 heavy (non-hydrogen) atoms. The van der Waals surface area contributed by atoms with E-state index in [2.05, 4.69) is 9.97 Å². The average molecular weight is 292 g/mol. The van der Waals surface area contributed by atoms with Crippen molar-refractivity contribution < 1.29 is 20.1 Å². The van der Waals surface area contributed by atoms with E-state index in [0.717, 1.165) is 6.42 Å². The number of nitrogens with one attached hydrogen (secondary N) is 2. The number of hydrogen-bond donors (Lipinski definition) is 5. The third-order valence-corrected chi connectivity index (χ3v) is 3.91. The van der Waals surface area contributed by atoms with Crippen molar-refractivity contribution in [2.45, 2.75) is 37.4 Å². The summed E-state index contributed by atoms with van der Waals surface area (Å²) >= 11 is 0. The van der Waals surface area contributed by atoms with E-state index < -0.39 is 17.2 Å². The van der Waals surface area contributed by atoms with Gasteiger partial charge in [-0.2, -0.15) is 0 Å². The molecule has 0 saturated carbocycles. The van der Waals surface area contributed by atoms with Crippen LogP contribution in [0.5, 0.6) is 0 Å². The predicted molar refractivity (Wildman–Crippen MR) is 76.7 cm³/mol.